The summed E-state index contributed by atoms with van der Waals surface area (Å²) >= 11 is 3.25. The highest BCUT2D eigenvalue weighted by Crippen LogP contribution is 2.17. The number of thiophene rings is 1. The summed E-state index contributed by atoms with van der Waals surface area (Å²) in [6, 6.07) is 4.08. The van der Waals surface area contributed by atoms with E-state index >= 15 is 0 Å². The van der Waals surface area contributed by atoms with Gasteiger partial charge in [-0.3, -0.25) is 9.59 Å². The monoisotopic (exact) mass is 301 g/mol. The fourth-order valence-electron chi connectivity index (χ4n) is 1.60. The van der Waals surface area contributed by atoms with Gasteiger partial charge in [-0.05, 0) is 25.3 Å². The Morgan fingerprint density at radius 1 is 1.47 bits per heavy atom. The first-order chi connectivity index (χ1) is 9.00. The highest BCUT2D eigenvalue weighted by Gasteiger charge is 2.17. The van der Waals surface area contributed by atoms with Crippen LogP contribution in [0.5, 0.6) is 0 Å². The molecule has 106 valence electrons. The van der Waals surface area contributed by atoms with Crippen LogP contribution in [0, 0.1) is 0 Å². The average molecular weight is 301 g/mol. The maximum absolute atomic E-state index is 12.0. The van der Waals surface area contributed by atoms with Gasteiger partial charge in [0, 0.05) is 23.2 Å². The Kier molecular flexibility index (Phi) is 6.94. The molecule has 1 rings (SSSR count). The molecule has 0 spiro atoms. The summed E-state index contributed by atoms with van der Waals surface area (Å²) < 4.78 is 0. The first-order valence-electron chi connectivity index (χ1n) is 6.12. The SMILES string of the molecule is CC(C)N(CCC(=O)O)C(=O)CSCc1cccs1. The zero-order valence-corrected chi connectivity index (χ0v) is 12.8. The quantitative estimate of drug-likeness (QED) is 0.802. The van der Waals surface area contributed by atoms with Crippen LogP contribution in [0.4, 0.5) is 0 Å². The van der Waals surface area contributed by atoms with Gasteiger partial charge in [-0.1, -0.05) is 6.07 Å². The van der Waals surface area contributed by atoms with Crippen LogP contribution in [0.1, 0.15) is 25.1 Å². The lowest BCUT2D eigenvalue weighted by atomic mass is 10.3. The molecule has 0 aliphatic heterocycles. The van der Waals surface area contributed by atoms with E-state index in [9.17, 15) is 9.59 Å². The zero-order chi connectivity index (χ0) is 14.3. The van der Waals surface area contributed by atoms with Crippen LogP contribution < -0.4 is 0 Å². The molecule has 0 aliphatic carbocycles. The average Bonchev–Trinajstić information content (AvgIpc) is 2.81. The predicted molar refractivity (Wildman–Crippen MR) is 79.6 cm³/mol. The van der Waals surface area contributed by atoms with Gasteiger partial charge in [-0.25, -0.2) is 0 Å². The number of rotatable bonds is 8. The van der Waals surface area contributed by atoms with Crippen molar-refractivity contribution >= 4 is 35.0 Å². The number of hydrogen-bond donors (Lipinski definition) is 1. The van der Waals surface area contributed by atoms with Gasteiger partial charge < -0.3 is 10.0 Å². The Morgan fingerprint density at radius 3 is 2.74 bits per heavy atom. The Morgan fingerprint density at radius 2 is 2.21 bits per heavy atom. The third-order valence-electron chi connectivity index (χ3n) is 2.56. The zero-order valence-electron chi connectivity index (χ0n) is 11.2. The number of carbonyl (C=O) groups excluding carboxylic acids is 1. The van der Waals surface area contributed by atoms with E-state index in [0.29, 0.717) is 5.75 Å². The first kappa shape index (κ1) is 16.0. The van der Waals surface area contributed by atoms with Crippen LogP contribution >= 0.6 is 23.1 Å². The van der Waals surface area contributed by atoms with Gasteiger partial charge in [-0.2, -0.15) is 0 Å². The summed E-state index contributed by atoms with van der Waals surface area (Å²) in [5.74, 6) is 0.367. The van der Waals surface area contributed by atoms with Crippen molar-refractivity contribution in [2.75, 3.05) is 12.3 Å². The Hall–Kier alpha value is -1.01. The van der Waals surface area contributed by atoms with E-state index in [4.69, 9.17) is 5.11 Å². The molecule has 0 aliphatic rings. The van der Waals surface area contributed by atoms with Gasteiger partial charge in [0.1, 0.15) is 0 Å². The molecule has 19 heavy (non-hydrogen) atoms. The lowest BCUT2D eigenvalue weighted by Crippen LogP contribution is -2.39. The van der Waals surface area contributed by atoms with E-state index in [1.165, 1.54) is 4.88 Å². The molecule has 0 radical (unpaired) electrons. The molecule has 1 heterocycles. The number of aliphatic carboxylic acids is 1. The number of hydrogen-bond acceptors (Lipinski definition) is 4. The van der Waals surface area contributed by atoms with Gasteiger partial charge in [0.2, 0.25) is 5.91 Å². The third-order valence-corrected chi connectivity index (χ3v) is 4.59. The Bertz CT molecular complexity index is 404. The molecule has 0 bridgehead atoms. The van der Waals surface area contributed by atoms with Gasteiger partial charge in [-0.15, -0.1) is 23.1 Å². The van der Waals surface area contributed by atoms with E-state index in [-0.39, 0.29) is 24.9 Å². The molecule has 4 nitrogen and oxygen atoms in total. The van der Waals surface area contributed by atoms with Crippen molar-refractivity contribution in [2.24, 2.45) is 0 Å². The third kappa shape index (κ3) is 6.11. The standard InChI is InChI=1S/C13H19NO3S2/c1-10(2)14(6-5-13(16)17)12(15)9-18-8-11-4-3-7-19-11/h3-4,7,10H,5-6,8-9H2,1-2H3,(H,16,17). The second-order valence-electron chi connectivity index (χ2n) is 4.40. The lowest BCUT2D eigenvalue weighted by molar-refractivity contribution is -0.138. The molecule has 0 fully saturated rings. The predicted octanol–water partition coefficient (Wildman–Crippen LogP) is 2.69. The van der Waals surface area contributed by atoms with Crippen LogP contribution in [0.25, 0.3) is 0 Å². The summed E-state index contributed by atoms with van der Waals surface area (Å²) in [6.45, 7) is 4.10. The fourth-order valence-corrected chi connectivity index (χ4v) is 3.35. The van der Waals surface area contributed by atoms with Crippen LogP contribution in [0.2, 0.25) is 0 Å². The Labute approximate surface area is 121 Å². The van der Waals surface area contributed by atoms with Gasteiger partial charge >= 0.3 is 5.97 Å². The molecule has 0 saturated heterocycles. The number of amides is 1. The molecule has 0 saturated carbocycles. The number of thioether (sulfide) groups is 1. The molecule has 0 aromatic carbocycles. The van der Waals surface area contributed by atoms with Crippen molar-refractivity contribution in [1.82, 2.24) is 4.90 Å². The minimum absolute atomic E-state index is 0.000485. The fraction of sp³-hybridized carbons (Fsp3) is 0.538. The van der Waals surface area contributed by atoms with Crippen LogP contribution in [-0.4, -0.2) is 40.2 Å². The van der Waals surface area contributed by atoms with Gasteiger partial charge in [0.05, 0.1) is 12.2 Å². The molecular formula is C13H19NO3S2. The van der Waals surface area contributed by atoms with Gasteiger partial charge in [0.25, 0.3) is 0 Å². The molecule has 1 N–H and O–H groups in total. The normalized spacial score (nSPS) is 10.7. The summed E-state index contributed by atoms with van der Waals surface area (Å²) in [4.78, 5) is 25.5. The second-order valence-corrected chi connectivity index (χ2v) is 6.41. The first-order valence-corrected chi connectivity index (χ1v) is 8.15. The molecule has 1 amide bonds. The van der Waals surface area contributed by atoms with Crippen LogP contribution in [-0.2, 0) is 15.3 Å². The van der Waals surface area contributed by atoms with Crippen LogP contribution in [0.3, 0.4) is 0 Å². The largest absolute Gasteiger partial charge is 0.481 e. The highest BCUT2D eigenvalue weighted by atomic mass is 32.2. The van der Waals surface area contributed by atoms with Crippen molar-refractivity contribution in [1.29, 1.82) is 0 Å². The lowest BCUT2D eigenvalue weighted by Gasteiger charge is -2.26. The maximum atomic E-state index is 12.0. The molecule has 1 aromatic rings. The summed E-state index contributed by atoms with van der Waals surface area (Å²) in [7, 11) is 0. The molecule has 6 heteroatoms. The van der Waals surface area contributed by atoms with Crippen LogP contribution in [0.15, 0.2) is 17.5 Å². The number of carboxylic acids is 1. The highest BCUT2D eigenvalue weighted by molar-refractivity contribution is 7.99. The van der Waals surface area contributed by atoms with E-state index in [0.717, 1.165) is 5.75 Å². The van der Waals surface area contributed by atoms with E-state index in [1.807, 2.05) is 31.4 Å². The van der Waals surface area contributed by atoms with Crippen molar-refractivity contribution in [3.8, 4) is 0 Å². The molecular weight excluding hydrogens is 282 g/mol. The molecule has 0 unspecified atom stereocenters. The summed E-state index contributed by atoms with van der Waals surface area (Å²) in [6.07, 6.45) is -0.000485. The van der Waals surface area contributed by atoms with Crippen molar-refractivity contribution in [2.45, 2.75) is 32.1 Å². The number of carbonyl (C=O) groups is 2. The van der Waals surface area contributed by atoms with E-state index < -0.39 is 5.97 Å². The van der Waals surface area contributed by atoms with Gasteiger partial charge in [0.15, 0.2) is 0 Å². The number of nitrogens with zero attached hydrogens (tertiary/aromatic N) is 1. The minimum Gasteiger partial charge on any atom is -0.481 e. The second kappa shape index (κ2) is 8.22. The van der Waals surface area contributed by atoms with Crippen molar-refractivity contribution in [3.63, 3.8) is 0 Å². The summed E-state index contributed by atoms with van der Waals surface area (Å²) in [5.41, 5.74) is 0. The minimum atomic E-state index is -0.871. The topological polar surface area (TPSA) is 57.6 Å². The Balaban J connectivity index is 2.36. The van der Waals surface area contributed by atoms with Crippen molar-refractivity contribution in [3.05, 3.63) is 22.4 Å². The molecule has 1 aromatic heterocycles. The summed E-state index contributed by atoms with van der Waals surface area (Å²) in [5, 5.41) is 10.7. The van der Waals surface area contributed by atoms with E-state index in [2.05, 4.69) is 0 Å². The van der Waals surface area contributed by atoms with Crippen molar-refractivity contribution < 1.29 is 14.7 Å². The smallest absolute Gasteiger partial charge is 0.305 e. The van der Waals surface area contributed by atoms with E-state index in [1.54, 1.807) is 28.0 Å². The maximum Gasteiger partial charge on any atom is 0.305 e. The molecule has 0 atom stereocenters. The number of carboxylic acid groups (broad SMARTS) is 1.